The number of amides is 1. The summed E-state index contributed by atoms with van der Waals surface area (Å²) in [5.74, 6) is 0.705. The lowest BCUT2D eigenvalue weighted by Gasteiger charge is -1.95. The van der Waals surface area contributed by atoms with Crippen molar-refractivity contribution in [3.63, 3.8) is 0 Å². The molecule has 1 aliphatic rings. The number of rotatable bonds is 4. The third-order valence-electron chi connectivity index (χ3n) is 3.54. The Morgan fingerprint density at radius 1 is 1.39 bits per heavy atom. The Balaban J connectivity index is 1.56. The largest absolute Gasteiger partial charge is 0.360 e. The van der Waals surface area contributed by atoms with E-state index >= 15 is 0 Å². The fourth-order valence-electron chi connectivity index (χ4n) is 2.20. The molecular weight excluding hydrogens is 320 g/mol. The van der Waals surface area contributed by atoms with Crippen LogP contribution in [0.5, 0.6) is 0 Å². The molecule has 3 aromatic rings. The monoisotopic (exact) mass is 330 g/mol. The first-order chi connectivity index (χ1) is 11.1. The van der Waals surface area contributed by atoms with Crippen LogP contribution in [0.2, 0.25) is 0 Å². The maximum absolute atomic E-state index is 12.1. The maximum atomic E-state index is 12.1. The van der Waals surface area contributed by atoms with Gasteiger partial charge in [0.1, 0.15) is 5.76 Å². The van der Waals surface area contributed by atoms with Crippen LogP contribution in [-0.2, 0) is 0 Å². The van der Waals surface area contributed by atoms with Crippen LogP contribution in [0, 0.1) is 10.1 Å². The van der Waals surface area contributed by atoms with Gasteiger partial charge in [0.2, 0.25) is 0 Å². The molecule has 23 heavy (non-hydrogen) atoms. The molecule has 2 heterocycles. The molecule has 1 fully saturated rings. The first-order valence-corrected chi connectivity index (χ1v) is 7.75. The van der Waals surface area contributed by atoms with E-state index in [0.717, 1.165) is 18.6 Å². The standard InChI is InChI=1S/C14H10N4O4S/c19-13(10-6-11(22-17-10)7-1-2-7)16-14-15-9-4-3-8(18(20)21)5-12(9)23-14/h3-7H,1-2H2,(H,15,16,19). The van der Waals surface area contributed by atoms with Crippen molar-refractivity contribution in [1.82, 2.24) is 10.1 Å². The Bertz CT molecular complexity index is 928. The zero-order valence-corrected chi connectivity index (χ0v) is 12.5. The summed E-state index contributed by atoms with van der Waals surface area (Å²) in [5, 5.41) is 17.6. The number of carbonyl (C=O) groups is 1. The quantitative estimate of drug-likeness (QED) is 0.580. The van der Waals surface area contributed by atoms with Crippen molar-refractivity contribution in [2.45, 2.75) is 18.8 Å². The average Bonchev–Trinajstić information content (AvgIpc) is 3.11. The molecule has 1 aliphatic carbocycles. The molecule has 2 aromatic heterocycles. The molecule has 1 amide bonds. The van der Waals surface area contributed by atoms with Crippen molar-refractivity contribution >= 4 is 38.3 Å². The first-order valence-electron chi connectivity index (χ1n) is 6.93. The number of nitro benzene ring substituents is 1. The van der Waals surface area contributed by atoms with Crippen LogP contribution >= 0.6 is 11.3 Å². The van der Waals surface area contributed by atoms with Gasteiger partial charge in [-0.15, -0.1) is 0 Å². The van der Waals surface area contributed by atoms with Gasteiger partial charge in [-0.25, -0.2) is 4.98 Å². The number of carbonyl (C=O) groups excluding carboxylic acids is 1. The fraction of sp³-hybridized carbons (Fsp3) is 0.214. The number of anilines is 1. The third-order valence-corrected chi connectivity index (χ3v) is 4.48. The molecule has 0 spiro atoms. The number of nitrogens with zero attached hydrogens (tertiary/aromatic N) is 3. The summed E-state index contributed by atoms with van der Waals surface area (Å²) < 4.78 is 5.78. The number of aromatic nitrogens is 2. The van der Waals surface area contributed by atoms with Gasteiger partial charge in [0, 0.05) is 24.1 Å². The Morgan fingerprint density at radius 2 is 2.22 bits per heavy atom. The summed E-state index contributed by atoms with van der Waals surface area (Å²) in [4.78, 5) is 26.7. The third kappa shape index (κ3) is 2.66. The molecular formula is C14H10N4O4S. The second-order valence-electron chi connectivity index (χ2n) is 5.27. The highest BCUT2D eigenvalue weighted by molar-refractivity contribution is 7.22. The van der Waals surface area contributed by atoms with Gasteiger partial charge in [0.05, 0.1) is 15.1 Å². The van der Waals surface area contributed by atoms with Gasteiger partial charge in [-0.3, -0.25) is 20.2 Å². The summed E-state index contributed by atoms with van der Waals surface area (Å²) in [6.45, 7) is 0. The minimum atomic E-state index is -0.466. The van der Waals surface area contributed by atoms with Gasteiger partial charge in [-0.05, 0) is 18.9 Å². The molecule has 0 radical (unpaired) electrons. The second-order valence-corrected chi connectivity index (χ2v) is 6.30. The predicted octanol–water partition coefficient (Wildman–Crippen LogP) is 3.32. The Hall–Kier alpha value is -2.81. The van der Waals surface area contributed by atoms with E-state index < -0.39 is 10.8 Å². The fourth-order valence-corrected chi connectivity index (χ4v) is 3.09. The molecule has 4 rings (SSSR count). The predicted molar refractivity (Wildman–Crippen MR) is 82.7 cm³/mol. The molecule has 0 saturated heterocycles. The van der Waals surface area contributed by atoms with Crippen LogP contribution in [0.4, 0.5) is 10.8 Å². The molecule has 1 aromatic carbocycles. The Labute approximate surface area is 133 Å². The zero-order valence-electron chi connectivity index (χ0n) is 11.7. The molecule has 116 valence electrons. The lowest BCUT2D eigenvalue weighted by Crippen LogP contribution is -2.11. The van der Waals surface area contributed by atoms with Crippen molar-refractivity contribution in [1.29, 1.82) is 0 Å². The van der Waals surface area contributed by atoms with E-state index in [-0.39, 0.29) is 11.4 Å². The smallest absolute Gasteiger partial charge is 0.279 e. The van der Waals surface area contributed by atoms with Gasteiger partial charge >= 0.3 is 0 Å². The SMILES string of the molecule is O=C(Nc1nc2ccc([N+](=O)[O-])cc2s1)c1cc(C2CC2)on1. The van der Waals surface area contributed by atoms with Gasteiger partial charge in [-0.2, -0.15) is 0 Å². The average molecular weight is 330 g/mol. The van der Waals surface area contributed by atoms with E-state index in [1.165, 1.54) is 23.5 Å². The number of benzene rings is 1. The molecule has 1 N–H and O–H groups in total. The minimum absolute atomic E-state index is 0.00963. The number of nitro groups is 1. The van der Waals surface area contributed by atoms with Gasteiger partial charge in [0.25, 0.3) is 11.6 Å². The number of thiazole rings is 1. The number of hydrogen-bond donors (Lipinski definition) is 1. The van der Waals surface area contributed by atoms with E-state index in [1.54, 1.807) is 12.1 Å². The molecule has 0 aliphatic heterocycles. The normalized spacial score (nSPS) is 14.1. The van der Waals surface area contributed by atoms with Crippen molar-refractivity contribution in [3.05, 3.63) is 45.8 Å². The van der Waals surface area contributed by atoms with E-state index in [9.17, 15) is 14.9 Å². The highest BCUT2D eigenvalue weighted by atomic mass is 32.1. The van der Waals surface area contributed by atoms with E-state index in [2.05, 4.69) is 15.5 Å². The maximum Gasteiger partial charge on any atom is 0.279 e. The Morgan fingerprint density at radius 3 is 2.96 bits per heavy atom. The highest BCUT2D eigenvalue weighted by Gasteiger charge is 2.29. The zero-order chi connectivity index (χ0) is 16.0. The number of fused-ring (bicyclic) bond motifs is 1. The number of hydrogen-bond acceptors (Lipinski definition) is 7. The van der Waals surface area contributed by atoms with E-state index in [4.69, 9.17) is 4.52 Å². The van der Waals surface area contributed by atoms with Gasteiger partial charge in [0.15, 0.2) is 10.8 Å². The molecule has 1 saturated carbocycles. The number of non-ortho nitro benzene ring substituents is 1. The van der Waals surface area contributed by atoms with Crippen LogP contribution in [0.3, 0.4) is 0 Å². The lowest BCUT2D eigenvalue weighted by molar-refractivity contribution is -0.384. The van der Waals surface area contributed by atoms with E-state index in [1.807, 2.05) is 0 Å². The summed E-state index contributed by atoms with van der Waals surface area (Å²) in [6, 6.07) is 6.02. The second kappa shape index (κ2) is 5.13. The molecule has 0 atom stereocenters. The van der Waals surface area contributed by atoms with Crippen molar-refractivity contribution < 1.29 is 14.2 Å². The van der Waals surface area contributed by atoms with Crippen LogP contribution in [0.15, 0.2) is 28.8 Å². The summed E-state index contributed by atoms with van der Waals surface area (Å²) in [6.07, 6.45) is 2.12. The summed E-state index contributed by atoms with van der Waals surface area (Å²) in [7, 11) is 0. The highest BCUT2D eigenvalue weighted by Crippen LogP contribution is 2.40. The molecule has 0 unspecified atom stereocenters. The first kappa shape index (κ1) is 13.8. The van der Waals surface area contributed by atoms with Crippen molar-refractivity contribution in [2.24, 2.45) is 0 Å². The van der Waals surface area contributed by atoms with Gasteiger partial charge in [-0.1, -0.05) is 16.5 Å². The lowest BCUT2D eigenvalue weighted by atomic mass is 10.3. The van der Waals surface area contributed by atoms with Crippen LogP contribution in [-0.4, -0.2) is 21.0 Å². The molecule has 9 heteroatoms. The van der Waals surface area contributed by atoms with Crippen LogP contribution in [0.25, 0.3) is 10.2 Å². The van der Waals surface area contributed by atoms with Crippen LogP contribution in [0.1, 0.15) is 35.0 Å². The van der Waals surface area contributed by atoms with Crippen molar-refractivity contribution in [3.8, 4) is 0 Å². The summed E-state index contributed by atoms with van der Waals surface area (Å²) in [5.41, 5.74) is 0.788. The summed E-state index contributed by atoms with van der Waals surface area (Å²) >= 11 is 1.17. The van der Waals surface area contributed by atoms with Crippen LogP contribution < -0.4 is 5.32 Å². The molecule has 0 bridgehead atoms. The minimum Gasteiger partial charge on any atom is -0.360 e. The molecule has 8 nitrogen and oxygen atoms in total. The topological polar surface area (TPSA) is 111 Å². The van der Waals surface area contributed by atoms with E-state index in [0.29, 0.717) is 21.3 Å². The Kier molecular flexibility index (Phi) is 3.08. The number of nitrogens with one attached hydrogen (secondary N) is 1. The van der Waals surface area contributed by atoms with Crippen molar-refractivity contribution in [2.75, 3.05) is 5.32 Å². The van der Waals surface area contributed by atoms with Gasteiger partial charge < -0.3 is 4.52 Å².